The highest BCUT2D eigenvalue weighted by Gasteiger charge is 2.48. The number of fused-ring (bicyclic) bond motifs is 1. The molecule has 1 fully saturated rings. The minimum absolute atomic E-state index is 0.0318. The summed E-state index contributed by atoms with van der Waals surface area (Å²) in [6.45, 7) is 8.46. The van der Waals surface area contributed by atoms with Crippen LogP contribution in [0.15, 0.2) is 72.3 Å². The van der Waals surface area contributed by atoms with E-state index < -0.39 is 17.7 Å². The number of aryl methyl sites for hydroxylation is 1. The number of benzene rings is 3. The molecule has 1 aromatic heterocycles. The number of thiazole rings is 1. The van der Waals surface area contributed by atoms with Crippen molar-refractivity contribution in [2.24, 2.45) is 0 Å². The summed E-state index contributed by atoms with van der Waals surface area (Å²) >= 11 is 7.40. The number of ketones is 1. The van der Waals surface area contributed by atoms with E-state index in [1.165, 1.54) is 21.8 Å². The second-order valence-corrected chi connectivity index (χ2v) is 11.6. The van der Waals surface area contributed by atoms with Crippen LogP contribution < -0.4 is 4.90 Å². The van der Waals surface area contributed by atoms with E-state index in [4.69, 9.17) is 16.6 Å². The summed E-state index contributed by atoms with van der Waals surface area (Å²) < 4.78 is 0.941. The molecule has 5 nitrogen and oxygen atoms in total. The van der Waals surface area contributed by atoms with Gasteiger partial charge in [-0.15, -0.1) is 0 Å². The molecule has 7 heteroatoms. The van der Waals surface area contributed by atoms with Crippen LogP contribution in [0.3, 0.4) is 0 Å². The number of anilines is 1. The standard InChI is InChI=1S/C30H27ClN2O3S/c1-5-17-6-15-22-23(16-17)37-29(32-22)33-25(18-7-11-20(12-8-18)30(2,3)4)24(27(35)28(33)36)26(34)19-9-13-21(31)14-10-19/h6-16,25,34H,5H2,1-4H3/t25-/m1/s1. The van der Waals surface area contributed by atoms with Gasteiger partial charge in [0.2, 0.25) is 0 Å². The predicted octanol–water partition coefficient (Wildman–Crippen LogP) is 7.44. The van der Waals surface area contributed by atoms with E-state index in [1.54, 1.807) is 24.3 Å². The molecule has 1 saturated heterocycles. The maximum atomic E-state index is 13.5. The van der Waals surface area contributed by atoms with Crippen molar-refractivity contribution in [1.29, 1.82) is 0 Å². The van der Waals surface area contributed by atoms with Crippen molar-refractivity contribution in [3.05, 3.63) is 99.6 Å². The molecule has 37 heavy (non-hydrogen) atoms. The monoisotopic (exact) mass is 530 g/mol. The Labute approximate surface area is 225 Å². The highest BCUT2D eigenvalue weighted by atomic mass is 35.5. The molecular formula is C30H27ClN2O3S. The van der Waals surface area contributed by atoms with Crippen LogP contribution in [0.4, 0.5) is 5.13 Å². The zero-order valence-corrected chi connectivity index (χ0v) is 22.7. The number of halogens is 1. The zero-order chi connectivity index (χ0) is 26.5. The number of hydrogen-bond acceptors (Lipinski definition) is 5. The summed E-state index contributed by atoms with van der Waals surface area (Å²) in [5, 5.41) is 12.2. The highest BCUT2D eigenvalue weighted by Crippen LogP contribution is 2.44. The fraction of sp³-hybridized carbons (Fsp3) is 0.233. The molecule has 5 rings (SSSR count). The number of aliphatic hydroxyl groups excluding tert-OH is 1. The maximum absolute atomic E-state index is 13.5. The molecule has 0 aliphatic carbocycles. The second-order valence-electron chi connectivity index (χ2n) is 10.2. The maximum Gasteiger partial charge on any atom is 0.301 e. The van der Waals surface area contributed by atoms with Crippen molar-refractivity contribution in [3.63, 3.8) is 0 Å². The Bertz CT molecular complexity index is 1550. The summed E-state index contributed by atoms with van der Waals surface area (Å²) in [5.74, 6) is -1.70. The first-order valence-corrected chi connectivity index (χ1v) is 13.3. The molecule has 0 saturated carbocycles. The quantitative estimate of drug-likeness (QED) is 0.169. The molecule has 0 spiro atoms. The first kappa shape index (κ1) is 25.2. The molecule has 1 amide bonds. The average molecular weight is 531 g/mol. The number of aromatic nitrogens is 1. The van der Waals surface area contributed by atoms with Gasteiger partial charge in [-0.2, -0.15) is 0 Å². The van der Waals surface area contributed by atoms with Crippen LogP contribution in [-0.4, -0.2) is 21.8 Å². The van der Waals surface area contributed by atoms with E-state index in [2.05, 4.69) is 33.8 Å². The van der Waals surface area contributed by atoms with E-state index >= 15 is 0 Å². The number of carbonyl (C=O) groups is 2. The van der Waals surface area contributed by atoms with Gasteiger partial charge >= 0.3 is 5.91 Å². The van der Waals surface area contributed by atoms with Gasteiger partial charge in [0.1, 0.15) is 5.76 Å². The molecule has 3 aromatic carbocycles. The third kappa shape index (κ3) is 4.56. The van der Waals surface area contributed by atoms with Crippen LogP contribution in [0.2, 0.25) is 5.02 Å². The van der Waals surface area contributed by atoms with Gasteiger partial charge in [0.25, 0.3) is 5.78 Å². The normalized spacial score (nSPS) is 17.6. The lowest BCUT2D eigenvalue weighted by molar-refractivity contribution is -0.132. The van der Waals surface area contributed by atoms with Crippen LogP contribution in [-0.2, 0) is 21.4 Å². The van der Waals surface area contributed by atoms with Crippen molar-refractivity contribution in [3.8, 4) is 0 Å². The SMILES string of the molecule is CCc1ccc2nc(N3C(=O)C(=O)C(=C(O)c4ccc(Cl)cc4)[C@H]3c3ccc(C(C)(C)C)cc3)sc2c1. The molecule has 1 atom stereocenters. The lowest BCUT2D eigenvalue weighted by Crippen LogP contribution is -2.29. The van der Waals surface area contributed by atoms with Crippen molar-refractivity contribution >= 4 is 55.7 Å². The van der Waals surface area contributed by atoms with E-state index in [1.807, 2.05) is 36.4 Å². The topological polar surface area (TPSA) is 70.5 Å². The molecule has 1 aliphatic heterocycles. The third-order valence-electron chi connectivity index (χ3n) is 6.71. The van der Waals surface area contributed by atoms with Crippen LogP contribution in [0.25, 0.3) is 16.0 Å². The summed E-state index contributed by atoms with van der Waals surface area (Å²) in [6, 6.07) is 19.6. The van der Waals surface area contributed by atoms with Gasteiger partial charge in [-0.3, -0.25) is 14.5 Å². The Kier molecular flexibility index (Phi) is 6.42. The van der Waals surface area contributed by atoms with Gasteiger partial charge in [-0.1, -0.05) is 81.0 Å². The Hall–Kier alpha value is -3.48. The third-order valence-corrected chi connectivity index (χ3v) is 7.98. The fourth-order valence-corrected chi connectivity index (χ4v) is 5.74. The molecule has 0 radical (unpaired) electrons. The number of rotatable bonds is 4. The molecule has 188 valence electrons. The summed E-state index contributed by atoms with van der Waals surface area (Å²) in [5.41, 5.74) is 4.16. The molecule has 0 bridgehead atoms. The lowest BCUT2D eigenvalue weighted by atomic mass is 9.85. The van der Waals surface area contributed by atoms with Gasteiger partial charge in [-0.05, 0) is 64.9 Å². The number of aliphatic hydroxyl groups is 1. The zero-order valence-electron chi connectivity index (χ0n) is 21.1. The lowest BCUT2D eigenvalue weighted by Gasteiger charge is -2.24. The number of hydrogen-bond donors (Lipinski definition) is 1. The van der Waals surface area contributed by atoms with Crippen LogP contribution >= 0.6 is 22.9 Å². The highest BCUT2D eigenvalue weighted by molar-refractivity contribution is 7.22. The molecule has 4 aromatic rings. The number of Topliss-reactive ketones (excluding diaryl/α,β-unsaturated/α-hetero) is 1. The molecule has 1 aliphatic rings. The summed E-state index contributed by atoms with van der Waals surface area (Å²) in [7, 11) is 0. The largest absolute Gasteiger partial charge is 0.507 e. The first-order chi connectivity index (χ1) is 17.6. The number of carbonyl (C=O) groups excluding carboxylic acids is 2. The van der Waals surface area contributed by atoms with Crippen molar-refractivity contribution in [2.75, 3.05) is 4.90 Å². The van der Waals surface area contributed by atoms with Crippen LogP contribution in [0, 0.1) is 0 Å². The van der Waals surface area contributed by atoms with Gasteiger partial charge in [0.05, 0.1) is 21.8 Å². The Morgan fingerprint density at radius 3 is 2.32 bits per heavy atom. The Morgan fingerprint density at radius 2 is 1.70 bits per heavy atom. The van der Waals surface area contributed by atoms with E-state index in [0.717, 1.165) is 27.8 Å². The van der Waals surface area contributed by atoms with Crippen molar-refractivity contribution < 1.29 is 14.7 Å². The van der Waals surface area contributed by atoms with Gasteiger partial charge in [0, 0.05) is 10.6 Å². The molecule has 0 unspecified atom stereocenters. The van der Waals surface area contributed by atoms with Gasteiger partial charge < -0.3 is 5.11 Å². The molecular weight excluding hydrogens is 504 g/mol. The van der Waals surface area contributed by atoms with E-state index in [0.29, 0.717) is 15.7 Å². The van der Waals surface area contributed by atoms with Gasteiger partial charge in [0.15, 0.2) is 5.13 Å². The number of amides is 1. The summed E-state index contributed by atoms with van der Waals surface area (Å²) in [6.07, 6.45) is 0.884. The smallest absolute Gasteiger partial charge is 0.301 e. The second kappa shape index (κ2) is 9.43. The minimum atomic E-state index is -0.823. The van der Waals surface area contributed by atoms with Crippen LogP contribution in [0.5, 0.6) is 0 Å². The minimum Gasteiger partial charge on any atom is -0.507 e. The number of nitrogens with zero attached hydrogens (tertiary/aromatic N) is 2. The van der Waals surface area contributed by atoms with E-state index in [9.17, 15) is 14.7 Å². The summed E-state index contributed by atoms with van der Waals surface area (Å²) in [4.78, 5) is 33.1. The van der Waals surface area contributed by atoms with E-state index in [-0.39, 0.29) is 16.7 Å². The Morgan fingerprint density at radius 1 is 1.03 bits per heavy atom. The Balaban J connectivity index is 1.70. The predicted molar refractivity (Wildman–Crippen MR) is 150 cm³/mol. The van der Waals surface area contributed by atoms with Crippen molar-refractivity contribution in [1.82, 2.24) is 4.98 Å². The van der Waals surface area contributed by atoms with Gasteiger partial charge in [-0.25, -0.2) is 4.98 Å². The molecule has 1 N–H and O–H groups in total. The fourth-order valence-electron chi connectivity index (χ4n) is 4.55. The molecule has 2 heterocycles. The van der Waals surface area contributed by atoms with Crippen molar-refractivity contribution in [2.45, 2.75) is 45.6 Å². The van der Waals surface area contributed by atoms with Crippen LogP contribution in [0.1, 0.15) is 56.0 Å². The average Bonchev–Trinajstić information content (AvgIpc) is 3.41. The first-order valence-electron chi connectivity index (χ1n) is 12.2.